The first kappa shape index (κ1) is 12.2. The van der Waals surface area contributed by atoms with Gasteiger partial charge in [-0.15, -0.1) is 0 Å². The molecule has 0 bridgehead atoms. The van der Waals surface area contributed by atoms with E-state index < -0.39 is 11.6 Å². The Bertz CT molecular complexity index is 428. The van der Waals surface area contributed by atoms with E-state index >= 15 is 0 Å². The molecule has 2 atom stereocenters. The van der Waals surface area contributed by atoms with Gasteiger partial charge >= 0.3 is 0 Å². The number of hydrogen-bond donors (Lipinski definition) is 0. The van der Waals surface area contributed by atoms with Gasteiger partial charge in [-0.25, -0.2) is 8.78 Å². The second kappa shape index (κ2) is 4.94. The Labute approximate surface area is 99.8 Å². The molecule has 0 spiro atoms. The highest BCUT2D eigenvalue weighted by molar-refractivity contribution is 5.82. The van der Waals surface area contributed by atoms with Crippen LogP contribution in [0, 0.1) is 23.5 Å². The van der Waals surface area contributed by atoms with Gasteiger partial charge in [0.15, 0.2) is 0 Å². The van der Waals surface area contributed by atoms with Gasteiger partial charge in [-0.1, -0.05) is 13.0 Å². The maximum Gasteiger partial charge on any atom is 0.136 e. The van der Waals surface area contributed by atoms with Gasteiger partial charge < -0.3 is 0 Å². The maximum absolute atomic E-state index is 13.5. The van der Waals surface area contributed by atoms with E-state index in [0.717, 1.165) is 18.9 Å². The molecule has 0 aromatic heterocycles. The fourth-order valence-corrected chi connectivity index (χ4v) is 2.48. The van der Waals surface area contributed by atoms with Gasteiger partial charge in [0.05, 0.1) is 0 Å². The highest BCUT2D eigenvalue weighted by Crippen LogP contribution is 2.29. The average Bonchev–Trinajstić information content (AvgIpc) is 2.27. The van der Waals surface area contributed by atoms with E-state index in [2.05, 4.69) is 6.92 Å². The van der Waals surface area contributed by atoms with Crippen LogP contribution in [0.3, 0.4) is 0 Å². The first-order valence-electron chi connectivity index (χ1n) is 6.03. The van der Waals surface area contributed by atoms with Crippen molar-refractivity contribution in [3.05, 3.63) is 35.4 Å². The lowest BCUT2D eigenvalue weighted by Crippen LogP contribution is -2.25. The predicted molar refractivity (Wildman–Crippen MR) is 61.6 cm³/mol. The van der Waals surface area contributed by atoms with E-state index in [1.807, 2.05) is 0 Å². The van der Waals surface area contributed by atoms with E-state index in [1.165, 1.54) is 12.1 Å². The molecule has 0 aliphatic heterocycles. The number of hydrogen-bond acceptors (Lipinski definition) is 1. The predicted octanol–water partition coefficient (Wildman–Crippen LogP) is 3.51. The quantitative estimate of drug-likeness (QED) is 0.770. The molecule has 0 amide bonds. The van der Waals surface area contributed by atoms with E-state index in [4.69, 9.17) is 0 Å². The molecule has 1 fully saturated rings. The van der Waals surface area contributed by atoms with Crippen LogP contribution >= 0.6 is 0 Å². The van der Waals surface area contributed by atoms with Crippen LogP contribution in [-0.4, -0.2) is 5.78 Å². The molecular weight excluding hydrogens is 222 g/mol. The van der Waals surface area contributed by atoms with Gasteiger partial charge in [0.2, 0.25) is 0 Å². The van der Waals surface area contributed by atoms with Crippen molar-refractivity contribution < 1.29 is 13.6 Å². The molecule has 2 unspecified atom stereocenters. The largest absolute Gasteiger partial charge is 0.299 e. The van der Waals surface area contributed by atoms with E-state index in [-0.39, 0.29) is 11.7 Å². The van der Waals surface area contributed by atoms with Crippen molar-refractivity contribution in [2.24, 2.45) is 11.8 Å². The summed E-state index contributed by atoms with van der Waals surface area (Å²) < 4.78 is 26.2. The van der Waals surface area contributed by atoms with Gasteiger partial charge in [0.1, 0.15) is 17.4 Å². The monoisotopic (exact) mass is 238 g/mol. The molecule has 3 heteroatoms. The summed E-state index contributed by atoms with van der Waals surface area (Å²) in [5, 5.41) is 0. The Balaban J connectivity index is 2.11. The smallest absolute Gasteiger partial charge is 0.136 e. The van der Waals surface area contributed by atoms with Gasteiger partial charge in [0.25, 0.3) is 0 Å². The molecule has 1 aromatic rings. The van der Waals surface area contributed by atoms with Crippen LogP contribution in [0.5, 0.6) is 0 Å². The SMILES string of the molecule is CC1CCC(=O)C(Cc2ccc(F)cc2F)C1. The van der Waals surface area contributed by atoms with Crippen LogP contribution in [0.4, 0.5) is 8.78 Å². The molecule has 1 aliphatic carbocycles. The lowest BCUT2D eigenvalue weighted by molar-refractivity contribution is -0.125. The number of carbonyl (C=O) groups excluding carboxylic acids is 1. The van der Waals surface area contributed by atoms with Crippen molar-refractivity contribution in [1.82, 2.24) is 0 Å². The first-order chi connectivity index (χ1) is 8.06. The third kappa shape index (κ3) is 2.90. The molecule has 1 saturated carbocycles. The standard InChI is InChI=1S/C14H16F2O/c1-9-2-5-14(17)11(6-9)7-10-3-4-12(15)8-13(10)16/h3-4,8-9,11H,2,5-7H2,1H3. The minimum absolute atomic E-state index is 0.0984. The van der Waals surface area contributed by atoms with Crippen molar-refractivity contribution in [3.63, 3.8) is 0 Å². The Kier molecular flexibility index (Phi) is 3.55. The number of benzene rings is 1. The summed E-state index contributed by atoms with van der Waals surface area (Å²) in [7, 11) is 0. The minimum atomic E-state index is -0.574. The second-order valence-corrected chi connectivity index (χ2v) is 4.98. The van der Waals surface area contributed by atoms with Gasteiger partial charge in [-0.05, 0) is 36.8 Å². The zero-order chi connectivity index (χ0) is 12.4. The van der Waals surface area contributed by atoms with E-state index in [1.54, 1.807) is 0 Å². The van der Waals surface area contributed by atoms with Gasteiger partial charge in [-0.2, -0.15) is 0 Å². The molecule has 92 valence electrons. The zero-order valence-electron chi connectivity index (χ0n) is 9.88. The number of ketones is 1. The molecular formula is C14H16F2O. The van der Waals surface area contributed by atoms with Gasteiger partial charge in [0, 0.05) is 18.4 Å². The lowest BCUT2D eigenvalue weighted by atomic mass is 9.78. The maximum atomic E-state index is 13.5. The van der Waals surface area contributed by atoms with Crippen LogP contribution in [0.15, 0.2) is 18.2 Å². The molecule has 0 radical (unpaired) electrons. The third-order valence-electron chi connectivity index (χ3n) is 3.51. The second-order valence-electron chi connectivity index (χ2n) is 4.98. The number of halogens is 2. The number of rotatable bonds is 2. The molecule has 0 N–H and O–H groups in total. The van der Waals surface area contributed by atoms with Crippen LogP contribution < -0.4 is 0 Å². The molecule has 17 heavy (non-hydrogen) atoms. The molecule has 0 saturated heterocycles. The Morgan fingerprint density at radius 1 is 1.35 bits per heavy atom. The van der Waals surface area contributed by atoms with Crippen molar-refractivity contribution in [2.45, 2.75) is 32.6 Å². The van der Waals surface area contributed by atoms with Crippen molar-refractivity contribution in [2.75, 3.05) is 0 Å². The van der Waals surface area contributed by atoms with Crippen LogP contribution in [0.1, 0.15) is 31.7 Å². The van der Waals surface area contributed by atoms with Gasteiger partial charge in [-0.3, -0.25) is 4.79 Å². The first-order valence-corrected chi connectivity index (χ1v) is 6.03. The summed E-state index contributed by atoms with van der Waals surface area (Å²) in [4.78, 5) is 11.7. The summed E-state index contributed by atoms with van der Waals surface area (Å²) >= 11 is 0. The van der Waals surface area contributed by atoms with Crippen molar-refractivity contribution in [1.29, 1.82) is 0 Å². The molecule has 1 aliphatic rings. The summed E-state index contributed by atoms with van der Waals surface area (Å²) in [6.07, 6.45) is 2.74. The van der Waals surface area contributed by atoms with Crippen molar-refractivity contribution in [3.8, 4) is 0 Å². The minimum Gasteiger partial charge on any atom is -0.299 e. The third-order valence-corrected chi connectivity index (χ3v) is 3.51. The summed E-state index contributed by atoms with van der Waals surface area (Å²) in [6, 6.07) is 3.57. The number of carbonyl (C=O) groups is 1. The zero-order valence-corrected chi connectivity index (χ0v) is 9.88. The van der Waals surface area contributed by atoms with Crippen LogP contribution in [0.25, 0.3) is 0 Å². The Hall–Kier alpha value is -1.25. The summed E-state index contributed by atoms with van der Waals surface area (Å²) in [5.41, 5.74) is 0.443. The fourth-order valence-electron chi connectivity index (χ4n) is 2.48. The fraction of sp³-hybridized carbons (Fsp3) is 0.500. The molecule has 1 nitrogen and oxygen atoms in total. The van der Waals surface area contributed by atoms with E-state index in [0.29, 0.717) is 24.3 Å². The number of Topliss-reactive ketones (excluding diaryl/α,β-unsaturated/α-hetero) is 1. The van der Waals surface area contributed by atoms with Crippen LogP contribution in [-0.2, 0) is 11.2 Å². The summed E-state index contributed by atoms with van der Waals surface area (Å²) in [5.74, 6) is -0.489. The molecule has 0 heterocycles. The highest BCUT2D eigenvalue weighted by Gasteiger charge is 2.27. The summed E-state index contributed by atoms with van der Waals surface area (Å²) in [6.45, 7) is 2.11. The average molecular weight is 238 g/mol. The van der Waals surface area contributed by atoms with E-state index in [9.17, 15) is 13.6 Å². The Morgan fingerprint density at radius 3 is 2.82 bits per heavy atom. The van der Waals surface area contributed by atoms with Crippen molar-refractivity contribution >= 4 is 5.78 Å². The molecule has 1 aromatic carbocycles. The lowest BCUT2D eigenvalue weighted by Gasteiger charge is -2.25. The topological polar surface area (TPSA) is 17.1 Å². The highest BCUT2D eigenvalue weighted by atomic mass is 19.1. The molecule has 2 rings (SSSR count). The van der Waals surface area contributed by atoms with Crippen LogP contribution in [0.2, 0.25) is 0 Å². The normalized spacial score (nSPS) is 25.0. The Morgan fingerprint density at radius 2 is 2.12 bits per heavy atom.